The zero-order valence-electron chi connectivity index (χ0n) is 12.4. The lowest BCUT2D eigenvalue weighted by Gasteiger charge is -2.20. The number of hydrogen-bond acceptors (Lipinski definition) is 3. The van der Waals surface area contributed by atoms with Crippen LogP contribution in [-0.2, 0) is 11.2 Å². The van der Waals surface area contributed by atoms with Crippen LogP contribution < -0.4 is 11.1 Å². The van der Waals surface area contributed by atoms with E-state index in [2.05, 4.69) is 16.4 Å². The van der Waals surface area contributed by atoms with Crippen molar-refractivity contribution >= 4 is 22.5 Å². The summed E-state index contributed by atoms with van der Waals surface area (Å²) in [6.45, 7) is 7.49. The molecule has 4 heteroatoms. The Hall–Kier alpha value is -1.94. The fraction of sp³-hybridized carbons (Fsp3) is 0.375. The monoisotopic (exact) mass is 271 g/mol. The number of aryl methyl sites for hydroxylation is 1. The number of aromatic nitrogens is 1. The second-order valence-corrected chi connectivity index (χ2v) is 6.00. The Morgan fingerprint density at radius 1 is 1.35 bits per heavy atom. The van der Waals surface area contributed by atoms with Crippen LogP contribution in [0.5, 0.6) is 0 Å². The summed E-state index contributed by atoms with van der Waals surface area (Å²) in [5.41, 5.74) is 9.70. The van der Waals surface area contributed by atoms with Crippen molar-refractivity contribution in [3.05, 3.63) is 35.5 Å². The van der Waals surface area contributed by atoms with Crippen molar-refractivity contribution in [1.29, 1.82) is 0 Å². The largest absolute Gasteiger partial charge is 0.326 e. The molecule has 0 spiro atoms. The quantitative estimate of drug-likeness (QED) is 0.902. The minimum Gasteiger partial charge on any atom is -0.326 e. The fourth-order valence-electron chi connectivity index (χ4n) is 2.36. The Labute approximate surface area is 119 Å². The second kappa shape index (κ2) is 5.21. The average Bonchev–Trinajstić information content (AvgIpc) is 2.27. The molecule has 0 aliphatic rings. The number of benzene rings is 1. The fourth-order valence-corrected chi connectivity index (χ4v) is 2.36. The topological polar surface area (TPSA) is 68.0 Å². The van der Waals surface area contributed by atoms with Crippen LogP contribution in [0.2, 0.25) is 0 Å². The highest BCUT2D eigenvalue weighted by molar-refractivity contribution is 5.93. The van der Waals surface area contributed by atoms with Crippen LogP contribution in [0.15, 0.2) is 24.3 Å². The number of anilines is 1. The molecule has 2 rings (SSSR count). The molecule has 0 saturated heterocycles. The molecule has 0 fully saturated rings. The molecule has 1 amide bonds. The smallest absolute Gasteiger partial charge is 0.221 e. The Kier molecular flexibility index (Phi) is 3.77. The van der Waals surface area contributed by atoms with Crippen molar-refractivity contribution < 1.29 is 4.79 Å². The molecule has 0 aliphatic heterocycles. The van der Waals surface area contributed by atoms with Crippen LogP contribution >= 0.6 is 0 Å². The molecule has 0 aliphatic carbocycles. The van der Waals surface area contributed by atoms with Crippen molar-refractivity contribution in [3.63, 3.8) is 0 Å². The molecule has 0 saturated carbocycles. The maximum Gasteiger partial charge on any atom is 0.221 e. The molecule has 2 aromatic rings. The van der Waals surface area contributed by atoms with Crippen LogP contribution in [0.25, 0.3) is 10.9 Å². The van der Waals surface area contributed by atoms with E-state index in [1.165, 1.54) is 6.92 Å². The maximum absolute atomic E-state index is 11.2. The molecule has 0 bridgehead atoms. The standard InChI is InChI=1S/C16H21N3O/c1-10-7-12(9-16(3,4)17)14-8-13(19-11(2)20)5-6-15(14)18-10/h5-8H,9,17H2,1-4H3,(H,19,20). The molecule has 106 valence electrons. The predicted octanol–water partition coefficient (Wildman–Crippen LogP) is 2.78. The van der Waals surface area contributed by atoms with Gasteiger partial charge in [-0.15, -0.1) is 0 Å². The summed E-state index contributed by atoms with van der Waals surface area (Å²) < 4.78 is 0. The highest BCUT2D eigenvalue weighted by atomic mass is 16.1. The van der Waals surface area contributed by atoms with E-state index >= 15 is 0 Å². The third-order valence-electron chi connectivity index (χ3n) is 2.99. The summed E-state index contributed by atoms with van der Waals surface area (Å²) in [6, 6.07) is 7.83. The lowest BCUT2D eigenvalue weighted by atomic mass is 9.93. The number of fused-ring (bicyclic) bond motifs is 1. The first-order chi connectivity index (χ1) is 9.24. The summed E-state index contributed by atoms with van der Waals surface area (Å²) >= 11 is 0. The summed E-state index contributed by atoms with van der Waals surface area (Å²) in [5, 5.41) is 3.85. The molecule has 1 aromatic carbocycles. The summed E-state index contributed by atoms with van der Waals surface area (Å²) in [7, 11) is 0. The van der Waals surface area contributed by atoms with Crippen molar-refractivity contribution in [3.8, 4) is 0 Å². The van der Waals surface area contributed by atoms with Gasteiger partial charge < -0.3 is 11.1 Å². The van der Waals surface area contributed by atoms with E-state index in [9.17, 15) is 4.79 Å². The average molecular weight is 271 g/mol. The van der Waals surface area contributed by atoms with Gasteiger partial charge in [-0.25, -0.2) is 0 Å². The normalized spacial score (nSPS) is 11.7. The van der Waals surface area contributed by atoms with E-state index in [-0.39, 0.29) is 11.4 Å². The molecule has 0 unspecified atom stereocenters. The van der Waals surface area contributed by atoms with Gasteiger partial charge in [-0.3, -0.25) is 9.78 Å². The summed E-state index contributed by atoms with van der Waals surface area (Å²) in [6.07, 6.45) is 0.760. The van der Waals surface area contributed by atoms with E-state index in [1.807, 2.05) is 39.0 Å². The van der Waals surface area contributed by atoms with Gasteiger partial charge in [0.25, 0.3) is 0 Å². The molecule has 0 radical (unpaired) electrons. The van der Waals surface area contributed by atoms with Gasteiger partial charge in [-0.1, -0.05) is 0 Å². The van der Waals surface area contributed by atoms with E-state index in [1.54, 1.807) is 0 Å². The number of nitrogens with two attached hydrogens (primary N) is 1. The number of amides is 1. The molecular formula is C16H21N3O. The van der Waals surface area contributed by atoms with Crippen LogP contribution in [-0.4, -0.2) is 16.4 Å². The number of nitrogens with one attached hydrogen (secondary N) is 1. The third-order valence-corrected chi connectivity index (χ3v) is 2.99. The maximum atomic E-state index is 11.2. The number of carbonyl (C=O) groups is 1. The minimum atomic E-state index is -0.287. The van der Waals surface area contributed by atoms with Crippen LogP contribution in [0.3, 0.4) is 0 Å². The Bertz CT molecular complexity index is 657. The number of hydrogen-bond donors (Lipinski definition) is 2. The van der Waals surface area contributed by atoms with Crippen molar-refractivity contribution in [2.45, 2.75) is 39.7 Å². The van der Waals surface area contributed by atoms with Gasteiger partial charge in [0, 0.05) is 29.2 Å². The minimum absolute atomic E-state index is 0.0786. The van der Waals surface area contributed by atoms with E-state index in [4.69, 9.17) is 5.73 Å². The molecule has 20 heavy (non-hydrogen) atoms. The molecular weight excluding hydrogens is 250 g/mol. The van der Waals surface area contributed by atoms with E-state index in [0.717, 1.165) is 34.3 Å². The highest BCUT2D eigenvalue weighted by Crippen LogP contribution is 2.25. The Balaban J connectivity index is 2.56. The first-order valence-corrected chi connectivity index (χ1v) is 6.71. The molecule has 3 N–H and O–H groups in total. The van der Waals surface area contributed by atoms with E-state index in [0.29, 0.717) is 0 Å². The van der Waals surface area contributed by atoms with Crippen molar-refractivity contribution in [2.24, 2.45) is 5.73 Å². The number of pyridine rings is 1. The highest BCUT2D eigenvalue weighted by Gasteiger charge is 2.15. The number of rotatable bonds is 3. The Morgan fingerprint density at radius 2 is 2.05 bits per heavy atom. The van der Waals surface area contributed by atoms with Gasteiger partial charge in [0.2, 0.25) is 5.91 Å². The summed E-state index contributed by atoms with van der Waals surface area (Å²) in [5.74, 6) is -0.0786. The van der Waals surface area contributed by atoms with Crippen LogP contribution in [0, 0.1) is 6.92 Å². The second-order valence-electron chi connectivity index (χ2n) is 6.00. The molecule has 4 nitrogen and oxygen atoms in total. The first-order valence-electron chi connectivity index (χ1n) is 6.71. The molecule has 1 aromatic heterocycles. The van der Waals surface area contributed by atoms with Crippen molar-refractivity contribution in [2.75, 3.05) is 5.32 Å². The number of nitrogens with zero attached hydrogens (tertiary/aromatic N) is 1. The van der Waals surface area contributed by atoms with Crippen LogP contribution in [0.4, 0.5) is 5.69 Å². The lowest BCUT2D eigenvalue weighted by molar-refractivity contribution is -0.114. The Morgan fingerprint density at radius 3 is 2.65 bits per heavy atom. The third kappa shape index (κ3) is 3.54. The number of carbonyl (C=O) groups excluding carboxylic acids is 1. The van der Waals surface area contributed by atoms with Gasteiger partial charge in [0.1, 0.15) is 0 Å². The van der Waals surface area contributed by atoms with Gasteiger partial charge in [-0.05, 0) is 57.0 Å². The summed E-state index contributed by atoms with van der Waals surface area (Å²) in [4.78, 5) is 15.7. The molecule has 0 atom stereocenters. The lowest BCUT2D eigenvalue weighted by Crippen LogP contribution is -2.34. The van der Waals surface area contributed by atoms with Gasteiger partial charge in [0.05, 0.1) is 5.52 Å². The SMILES string of the molecule is CC(=O)Nc1ccc2nc(C)cc(CC(C)(C)N)c2c1. The van der Waals surface area contributed by atoms with E-state index < -0.39 is 0 Å². The first kappa shape index (κ1) is 14.5. The molecule has 1 heterocycles. The van der Waals surface area contributed by atoms with Crippen LogP contribution in [0.1, 0.15) is 32.0 Å². The van der Waals surface area contributed by atoms with Gasteiger partial charge in [-0.2, -0.15) is 0 Å². The zero-order chi connectivity index (χ0) is 14.9. The van der Waals surface area contributed by atoms with Gasteiger partial charge in [0.15, 0.2) is 0 Å². The predicted molar refractivity (Wildman–Crippen MR) is 82.8 cm³/mol. The van der Waals surface area contributed by atoms with Crippen molar-refractivity contribution in [1.82, 2.24) is 4.98 Å². The zero-order valence-corrected chi connectivity index (χ0v) is 12.4. The van der Waals surface area contributed by atoms with Gasteiger partial charge >= 0.3 is 0 Å².